The van der Waals surface area contributed by atoms with Gasteiger partial charge in [0.15, 0.2) is 0 Å². The monoisotopic (exact) mass is 148 g/mol. The van der Waals surface area contributed by atoms with Crippen LogP contribution in [-0.2, 0) is 9.53 Å². The molecule has 0 aliphatic heterocycles. The second kappa shape index (κ2) is 5.21. The molecule has 0 radical (unpaired) electrons. The molecule has 0 aromatic rings. The average Bonchev–Trinajstić information content (AvgIpc) is 1.99. The van der Waals surface area contributed by atoms with Gasteiger partial charge in [-0.3, -0.25) is 4.79 Å². The van der Waals surface area contributed by atoms with Gasteiger partial charge in [0.25, 0.3) is 0 Å². The number of carbonyl (C=O) groups is 1. The third-order valence-electron chi connectivity index (χ3n) is 1.33. The van der Waals surface area contributed by atoms with Crippen molar-refractivity contribution in [2.75, 3.05) is 7.11 Å². The molecule has 0 amide bonds. The van der Waals surface area contributed by atoms with Crippen LogP contribution in [0.25, 0.3) is 0 Å². The van der Waals surface area contributed by atoms with Crippen LogP contribution in [0.2, 0.25) is 0 Å². The van der Waals surface area contributed by atoms with Gasteiger partial charge >= 0.3 is 5.97 Å². The predicted octanol–water partition coefficient (Wildman–Crippen LogP) is 1.69. The molecule has 60 valence electrons. The summed E-state index contributed by atoms with van der Waals surface area (Å²) in [5.41, 5.74) is 0. The topological polar surface area (TPSA) is 26.3 Å². The number of carbonyl (C=O) groups excluding carboxylic acids is 1. The summed E-state index contributed by atoms with van der Waals surface area (Å²) in [6.45, 7) is 1.75. The highest BCUT2D eigenvalue weighted by atomic mass is 19.1. The maximum atomic E-state index is 12.4. The van der Waals surface area contributed by atoms with Crippen LogP contribution in [0.4, 0.5) is 4.39 Å². The molecule has 0 bridgehead atoms. The number of esters is 1. The molecule has 0 saturated heterocycles. The Hall–Kier alpha value is -0.600. The van der Waals surface area contributed by atoms with Gasteiger partial charge in [-0.05, 0) is 12.8 Å². The maximum absolute atomic E-state index is 12.4. The zero-order chi connectivity index (χ0) is 7.98. The first-order valence-corrected chi connectivity index (χ1v) is 3.41. The highest BCUT2D eigenvalue weighted by molar-refractivity contribution is 5.69. The Bertz CT molecular complexity index is 104. The standard InChI is InChI=1S/C7H13FO2/c1-3-6(8)4-5-7(9)10-2/h6H,3-5H2,1-2H3/t6-/m0/s1. The molecule has 0 rings (SSSR count). The minimum absolute atomic E-state index is 0.186. The molecule has 0 saturated carbocycles. The van der Waals surface area contributed by atoms with Crippen molar-refractivity contribution in [3.8, 4) is 0 Å². The highest BCUT2D eigenvalue weighted by Crippen LogP contribution is 2.05. The molecule has 0 spiro atoms. The number of alkyl halides is 1. The van der Waals surface area contributed by atoms with Gasteiger partial charge in [0, 0.05) is 6.42 Å². The largest absolute Gasteiger partial charge is 0.469 e. The lowest BCUT2D eigenvalue weighted by Crippen LogP contribution is -2.05. The summed E-state index contributed by atoms with van der Waals surface area (Å²) >= 11 is 0. The van der Waals surface area contributed by atoms with E-state index in [1.165, 1.54) is 7.11 Å². The molecule has 0 unspecified atom stereocenters. The molecule has 3 heteroatoms. The molecule has 0 aliphatic carbocycles. The Labute approximate surface area is 60.4 Å². The predicted molar refractivity (Wildman–Crippen MR) is 36.4 cm³/mol. The van der Waals surface area contributed by atoms with E-state index in [4.69, 9.17) is 0 Å². The van der Waals surface area contributed by atoms with Crippen molar-refractivity contribution < 1.29 is 13.9 Å². The molecule has 0 aromatic heterocycles. The Kier molecular flexibility index (Phi) is 4.89. The molecule has 1 atom stereocenters. The fraction of sp³-hybridized carbons (Fsp3) is 0.857. The molecule has 10 heavy (non-hydrogen) atoms. The van der Waals surface area contributed by atoms with Crippen LogP contribution in [0.1, 0.15) is 26.2 Å². The van der Waals surface area contributed by atoms with Crippen LogP contribution in [0.3, 0.4) is 0 Å². The molecular formula is C7H13FO2. The van der Waals surface area contributed by atoms with Crippen molar-refractivity contribution in [1.82, 2.24) is 0 Å². The van der Waals surface area contributed by atoms with Crippen LogP contribution in [-0.4, -0.2) is 19.3 Å². The van der Waals surface area contributed by atoms with Gasteiger partial charge in [-0.2, -0.15) is 0 Å². The number of halogens is 1. The Balaban J connectivity index is 3.26. The smallest absolute Gasteiger partial charge is 0.305 e. The second-order valence-corrected chi connectivity index (χ2v) is 2.12. The van der Waals surface area contributed by atoms with Gasteiger partial charge in [0.1, 0.15) is 6.17 Å². The first kappa shape index (κ1) is 9.40. The Morgan fingerprint density at radius 2 is 2.30 bits per heavy atom. The molecular weight excluding hydrogens is 135 g/mol. The zero-order valence-electron chi connectivity index (χ0n) is 6.39. The molecule has 0 aromatic carbocycles. The third kappa shape index (κ3) is 4.30. The van der Waals surface area contributed by atoms with E-state index in [-0.39, 0.29) is 18.8 Å². The lowest BCUT2D eigenvalue weighted by Gasteiger charge is -2.02. The van der Waals surface area contributed by atoms with Crippen LogP contribution >= 0.6 is 0 Å². The van der Waals surface area contributed by atoms with Gasteiger partial charge in [-0.25, -0.2) is 4.39 Å². The fourth-order valence-electron chi connectivity index (χ4n) is 0.581. The van der Waals surface area contributed by atoms with Crippen molar-refractivity contribution >= 4 is 5.97 Å². The van der Waals surface area contributed by atoms with Crippen molar-refractivity contribution in [3.05, 3.63) is 0 Å². The first-order valence-electron chi connectivity index (χ1n) is 3.41. The van der Waals surface area contributed by atoms with Gasteiger partial charge in [-0.15, -0.1) is 0 Å². The van der Waals surface area contributed by atoms with Gasteiger partial charge in [-0.1, -0.05) is 6.92 Å². The van der Waals surface area contributed by atoms with Crippen molar-refractivity contribution in [1.29, 1.82) is 0 Å². The maximum Gasteiger partial charge on any atom is 0.305 e. The number of hydrogen-bond donors (Lipinski definition) is 0. The minimum atomic E-state index is -0.862. The van der Waals surface area contributed by atoms with Crippen LogP contribution < -0.4 is 0 Å². The lowest BCUT2D eigenvalue weighted by molar-refractivity contribution is -0.141. The van der Waals surface area contributed by atoms with E-state index in [0.29, 0.717) is 6.42 Å². The average molecular weight is 148 g/mol. The number of rotatable bonds is 4. The number of ether oxygens (including phenoxy) is 1. The van der Waals surface area contributed by atoms with Crippen molar-refractivity contribution in [2.45, 2.75) is 32.4 Å². The van der Waals surface area contributed by atoms with E-state index in [0.717, 1.165) is 0 Å². The van der Waals surface area contributed by atoms with Gasteiger partial charge in [0.05, 0.1) is 7.11 Å². The van der Waals surface area contributed by atoms with E-state index in [1.54, 1.807) is 6.92 Å². The lowest BCUT2D eigenvalue weighted by atomic mass is 10.2. The molecule has 2 nitrogen and oxygen atoms in total. The highest BCUT2D eigenvalue weighted by Gasteiger charge is 2.06. The summed E-state index contributed by atoms with van der Waals surface area (Å²) < 4.78 is 16.8. The zero-order valence-corrected chi connectivity index (χ0v) is 6.39. The summed E-state index contributed by atoms with van der Waals surface area (Å²) in [7, 11) is 1.31. The molecule has 0 fully saturated rings. The number of hydrogen-bond acceptors (Lipinski definition) is 2. The Morgan fingerprint density at radius 3 is 2.70 bits per heavy atom. The quantitative estimate of drug-likeness (QED) is 0.567. The Morgan fingerprint density at radius 1 is 1.70 bits per heavy atom. The van der Waals surface area contributed by atoms with Gasteiger partial charge < -0.3 is 4.74 Å². The summed E-state index contributed by atoms with van der Waals surface area (Å²) in [6, 6.07) is 0. The normalized spacial score (nSPS) is 12.7. The van der Waals surface area contributed by atoms with Crippen molar-refractivity contribution in [2.24, 2.45) is 0 Å². The van der Waals surface area contributed by atoms with Crippen LogP contribution in [0.5, 0.6) is 0 Å². The second-order valence-electron chi connectivity index (χ2n) is 2.12. The summed E-state index contributed by atoms with van der Waals surface area (Å²) in [6.07, 6.45) is 0.0742. The van der Waals surface area contributed by atoms with E-state index in [9.17, 15) is 9.18 Å². The third-order valence-corrected chi connectivity index (χ3v) is 1.33. The fourth-order valence-corrected chi connectivity index (χ4v) is 0.581. The van der Waals surface area contributed by atoms with Gasteiger partial charge in [0.2, 0.25) is 0 Å². The van der Waals surface area contributed by atoms with Crippen LogP contribution in [0, 0.1) is 0 Å². The van der Waals surface area contributed by atoms with E-state index < -0.39 is 6.17 Å². The summed E-state index contributed by atoms with van der Waals surface area (Å²) in [5, 5.41) is 0. The first-order chi connectivity index (χ1) is 4.70. The SMILES string of the molecule is CC[C@H](F)CCC(=O)OC. The molecule has 0 aliphatic rings. The van der Waals surface area contributed by atoms with Crippen molar-refractivity contribution in [3.63, 3.8) is 0 Å². The van der Waals surface area contributed by atoms with E-state index >= 15 is 0 Å². The van der Waals surface area contributed by atoms with Crippen LogP contribution in [0.15, 0.2) is 0 Å². The van der Waals surface area contributed by atoms with E-state index in [1.807, 2.05) is 0 Å². The molecule has 0 heterocycles. The minimum Gasteiger partial charge on any atom is -0.469 e. The molecule has 0 N–H and O–H groups in total. The van der Waals surface area contributed by atoms with E-state index in [2.05, 4.69) is 4.74 Å². The summed E-state index contributed by atoms with van der Waals surface area (Å²) in [5.74, 6) is -0.337. The number of methoxy groups -OCH3 is 1. The summed E-state index contributed by atoms with van der Waals surface area (Å²) in [4.78, 5) is 10.4.